The number of benzene rings is 1. The van der Waals surface area contributed by atoms with Crippen molar-refractivity contribution in [3.8, 4) is 6.07 Å². The summed E-state index contributed by atoms with van der Waals surface area (Å²) >= 11 is 0. The third-order valence-electron chi connectivity index (χ3n) is 3.66. The summed E-state index contributed by atoms with van der Waals surface area (Å²) in [7, 11) is 0. The topological polar surface area (TPSA) is 39.1 Å². The highest BCUT2D eigenvalue weighted by Gasteiger charge is 2.16. The van der Waals surface area contributed by atoms with Crippen molar-refractivity contribution < 1.29 is 0 Å². The van der Waals surface area contributed by atoms with Crippen LogP contribution in [0.1, 0.15) is 30.5 Å². The van der Waals surface area contributed by atoms with E-state index >= 15 is 0 Å². The van der Waals surface area contributed by atoms with Crippen molar-refractivity contribution in [3.05, 3.63) is 28.8 Å². The van der Waals surface area contributed by atoms with Crippen molar-refractivity contribution >= 4 is 18.1 Å². The van der Waals surface area contributed by atoms with Gasteiger partial charge in [0.15, 0.2) is 0 Å². The summed E-state index contributed by atoms with van der Waals surface area (Å²) in [6.07, 6.45) is 1.08. The molecule has 1 heterocycles. The van der Waals surface area contributed by atoms with Crippen molar-refractivity contribution in [2.24, 2.45) is 5.92 Å². The second-order valence-electron chi connectivity index (χ2n) is 5.74. The molecule has 0 aromatic heterocycles. The second kappa shape index (κ2) is 7.52. The Morgan fingerprint density at radius 2 is 1.95 bits per heavy atom. The first-order valence-electron chi connectivity index (χ1n) is 7.11. The van der Waals surface area contributed by atoms with E-state index in [4.69, 9.17) is 0 Å². The molecular formula is C16H24ClN3. The third-order valence-corrected chi connectivity index (χ3v) is 3.66. The molecule has 1 saturated heterocycles. The predicted molar refractivity (Wildman–Crippen MR) is 86.8 cm³/mol. The van der Waals surface area contributed by atoms with Crippen LogP contribution in [0.5, 0.6) is 0 Å². The minimum Gasteiger partial charge on any atom is -0.368 e. The van der Waals surface area contributed by atoms with E-state index < -0.39 is 0 Å². The van der Waals surface area contributed by atoms with Gasteiger partial charge in [0.1, 0.15) is 6.07 Å². The minimum atomic E-state index is 0. The number of nitriles is 1. The molecule has 1 aliphatic rings. The van der Waals surface area contributed by atoms with E-state index in [1.807, 2.05) is 0 Å². The summed E-state index contributed by atoms with van der Waals surface area (Å²) in [5.74, 6) is 0.641. The van der Waals surface area contributed by atoms with Gasteiger partial charge in [-0.25, -0.2) is 0 Å². The van der Waals surface area contributed by atoms with Crippen LogP contribution in [0.25, 0.3) is 0 Å². The Hall–Kier alpha value is -1.24. The van der Waals surface area contributed by atoms with Crippen LogP contribution in [0, 0.1) is 24.2 Å². The molecule has 0 unspecified atom stereocenters. The van der Waals surface area contributed by atoms with Crippen molar-refractivity contribution in [1.82, 2.24) is 5.32 Å². The van der Waals surface area contributed by atoms with Gasteiger partial charge >= 0.3 is 0 Å². The maximum atomic E-state index is 9.35. The van der Waals surface area contributed by atoms with Gasteiger partial charge < -0.3 is 10.2 Å². The van der Waals surface area contributed by atoms with E-state index in [1.54, 1.807) is 0 Å². The molecule has 110 valence electrons. The average Bonchev–Trinajstić information content (AvgIpc) is 2.41. The Balaban J connectivity index is 0.00000200. The zero-order valence-corrected chi connectivity index (χ0v) is 13.4. The van der Waals surface area contributed by atoms with E-state index in [0.29, 0.717) is 5.92 Å². The lowest BCUT2D eigenvalue weighted by Gasteiger charge is -2.31. The van der Waals surface area contributed by atoms with Gasteiger partial charge in [0.2, 0.25) is 0 Å². The van der Waals surface area contributed by atoms with Gasteiger partial charge in [-0.3, -0.25) is 0 Å². The van der Waals surface area contributed by atoms with Crippen molar-refractivity contribution in [3.63, 3.8) is 0 Å². The van der Waals surface area contributed by atoms with E-state index in [2.05, 4.69) is 49.2 Å². The van der Waals surface area contributed by atoms with Crippen LogP contribution < -0.4 is 10.2 Å². The summed E-state index contributed by atoms with van der Waals surface area (Å²) in [5, 5.41) is 12.7. The Morgan fingerprint density at radius 1 is 1.30 bits per heavy atom. The maximum Gasteiger partial charge on any atom is 0.101 e. The number of rotatable bonds is 3. The Morgan fingerprint density at radius 3 is 2.50 bits per heavy atom. The van der Waals surface area contributed by atoms with Crippen molar-refractivity contribution in [1.29, 1.82) is 5.26 Å². The van der Waals surface area contributed by atoms with Gasteiger partial charge in [-0.1, -0.05) is 13.8 Å². The highest BCUT2D eigenvalue weighted by molar-refractivity contribution is 5.85. The van der Waals surface area contributed by atoms with E-state index in [1.165, 1.54) is 11.1 Å². The molecule has 1 fully saturated rings. The highest BCUT2D eigenvalue weighted by atomic mass is 35.5. The van der Waals surface area contributed by atoms with Gasteiger partial charge in [-0.2, -0.15) is 5.26 Å². The monoisotopic (exact) mass is 293 g/mol. The summed E-state index contributed by atoms with van der Waals surface area (Å²) in [6.45, 7) is 10.6. The SMILES string of the molecule is Cc1cc(C#N)c(N2CCNCC2)cc1CC(C)C.Cl. The Kier molecular flexibility index (Phi) is 6.32. The van der Waals surface area contributed by atoms with Gasteiger partial charge in [0.05, 0.1) is 11.3 Å². The van der Waals surface area contributed by atoms with Crippen LogP contribution >= 0.6 is 12.4 Å². The molecule has 0 radical (unpaired) electrons. The van der Waals surface area contributed by atoms with E-state index in [-0.39, 0.29) is 12.4 Å². The quantitative estimate of drug-likeness (QED) is 0.931. The number of aryl methyl sites for hydroxylation is 1. The van der Waals surface area contributed by atoms with Gasteiger partial charge in [-0.15, -0.1) is 12.4 Å². The fourth-order valence-electron chi connectivity index (χ4n) is 2.66. The normalized spacial score (nSPS) is 14.8. The standard InChI is InChI=1S/C16H23N3.ClH/c1-12(2)8-14-10-16(15(11-17)9-13(14)3)19-6-4-18-5-7-19;/h9-10,12,18H,4-8H2,1-3H3;1H. The van der Waals surface area contributed by atoms with Crippen LogP contribution in [-0.4, -0.2) is 26.2 Å². The van der Waals surface area contributed by atoms with E-state index in [0.717, 1.165) is 43.9 Å². The van der Waals surface area contributed by atoms with Gasteiger partial charge in [0, 0.05) is 26.2 Å². The lowest BCUT2D eigenvalue weighted by Crippen LogP contribution is -2.43. The first-order valence-corrected chi connectivity index (χ1v) is 7.11. The third kappa shape index (κ3) is 3.88. The number of nitrogens with zero attached hydrogens (tertiary/aromatic N) is 2. The number of nitrogens with one attached hydrogen (secondary N) is 1. The molecule has 0 saturated carbocycles. The molecule has 20 heavy (non-hydrogen) atoms. The van der Waals surface area contributed by atoms with Crippen molar-refractivity contribution in [2.45, 2.75) is 27.2 Å². The number of anilines is 1. The molecule has 1 aromatic rings. The highest BCUT2D eigenvalue weighted by Crippen LogP contribution is 2.26. The fourth-order valence-corrected chi connectivity index (χ4v) is 2.66. The summed E-state index contributed by atoms with van der Waals surface area (Å²) < 4.78 is 0. The molecule has 1 N–H and O–H groups in total. The molecule has 1 aromatic carbocycles. The number of hydrogen-bond acceptors (Lipinski definition) is 3. The molecule has 1 aliphatic heterocycles. The van der Waals surface area contributed by atoms with Crippen molar-refractivity contribution in [2.75, 3.05) is 31.1 Å². The number of hydrogen-bond donors (Lipinski definition) is 1. The van der Waals surface area contributed by atoms with Gasteiger partial charge in [0.25, 0.3) is 0 Å². The first-order chi connectivity index (χ1) is 9.11. The molecule has 0 amide bonds. The van der Waals surface area contributed by atoms with Crippen LogP contribution in [0.4, 0.5) is 5.69 Å². The second-order valence-corrected chi connectivity index (χ2v) is 5.74. The zero-order chi connectivity index (χ0) is 13.8. The minimum absolute atomic E-state index is 0. The zero-order valence-electron chi connectivity index (χ0n) is 12.6. The lowest BCUT2D eigenvalue weighted by molar-refractivity contribution is 0.588. The van der Waals surface area contributed by atoms with E-state index in [9.17, 15) is 5.26 Å². The predicted octanol–water partition coefficient (Wildman–Crippen LogP) is 2.90. The average molecular weight is 294 g/mol. The molecule has 3 nitrogen and oxygen atoms in total. The molecule has 4 heteroatoms. The molecular weight excluding hydrogens is 270 g/mol. The Bertz CT molecular complexity index is 485. The van der Waals surface area contributed by atoms with Crippen LogP contribution in [-0.2, 0) is 6.42 Å². The summed E-state index contributed by atoms with van der Waals surface area (Å²) in [6, 6.07) is 6.64. The molecule has 0 bridgehead atoms. The largest absolute Gasteiger partial charge is 0.368 e. The lowest BCUT2D eigenvalue weighted by atomic mass is 9.95. The molecule has 0 atom stereocenters. The maximum absolute atomic E-state index is 9.35. The van der Waals surface area contributed by atoms with Crippen LogP contribution in [0.3, 0.4) is 0 Å². The van der Waals surface area contributed by atoms with Gasteiger partial charge in [-0.05, 0) is 42.5 Å². The number of piperazine rings is 1. The molecule has 0 spiro atoms. The summed E-state index contributed by atoms with van der Waals surface area (Å²) in [5.41, 5.74) is 4.55. The van der Waals surface area contributed by atoms with Crippen LogP contribution in [0.2, 0.25) is 0 Å². The fraction of sp³-hybridized carbons (Fsp3) is 0.562. The smallest absolute Gasteiger partial charge is 0.101 e. The van der Waals surface area contributed by atoms with Crippen LogP contribution in [0.15, 0.2) is 12.1 Å². The molecule has 2 rings (SSSR count). The molecule has 0 aliphatic carbocycles. The first kappa shape index (κ1) is 16.8. The summed E-state index contributed by atoms with van der Waals surface area (Å²) in [4.78, 5) is 2.33. The number of halogens is 1. The Labute approximate surface area is 128 Å².